The van der Waals surface area contributed by atoms with E-state index in [0.29, 0.717) is 0 Å². The number of nitrogens with two attached hydrogens (primary N) is 1. The highest BCUT2D eigenvalue weighted by atomic mass is 15.1. The van der Waals surface area contributed by atoms with Crippen molar-refractivity contribution in [2.45, 2.75) is 32.4 Å². The highest BCUT2D eigenvalue weighted by Gasteiger charge is 2.20. The third-order valence-electron chi connectivity index (χ3n) is 3.44. The number of benzene rings is 1. The van der Waals surface area contributed by atoms with Crippen LogP contribution in [0, 0.1) is 6.92 Å². The molecule has 0 fully saturated rings. The second-order valence-electron chi connectivity index (χ2n) is 4.78. The molecule has 2 aromatic rings. The van der Waals surface area contributed by atoms with Gasteiger partial charge in [-0.1, -0.05) is 23.8 Å². The van der Waals surface area contributed by atoms with Gasteiger partial charge in [-0.25, -0.2) is 4.98 Å². The van der Waals surface area contributed by atoms with Gasteiger partial charge in [-0.2, -0.15) is 0 Å². The number of hydrogen-bond donors (Lipinski definition) is 1. The van der Waals surface area contributed by atoms with E-state index in [1.54, 1.807) is 0 Å². The highest BCUT2D eigenvalue weighted by molar-refractivity contribution is 5.57. The number of aromatic nitrogens is 2. The van der Waals surface area contributed by atoms with Gasteiger partial charge in [0.1, 0.15) is 5.82 Å². The first kappa shape index (κ1) is 10.5. The summed E-state index contributed by atoms with van der Waals surface area (Å²) in [6.07, 6.45) is 4.14. The van der Waals surface area contributed by atoms with Gasteiger partial charge in [-0.05, 0) is 25.8 Å². The molecule has 0 spiro atoms. The highest BCUT2D eigenvalue weighted by Crippen LogP contribution is 2.28. The number of aryl methyl sites for hydroxylation is 1. The molecule has 0 saturated heterocycles. The van der Waals surface area contributed by atoms with Crippen LogP contribution in [-0.4, -0.2) is 9.55 Å². The van der Waals surface area contributed by atoms with Gasteiger partial charge >= 0.3 is 0 Å². The van der Waals surface area contributed by atoms with Gasteiger partial charge < -0.3 is 10.3 Å². The molecule has 88 valence electrons. The van der Waals surface area contributed by atoms with E-state index in [2.05, 4.69) is 40.7 Å². The van der Waals surface area contributed by atoms with Crippen LogP contribution in [0.25, 0.3) is 11.4 Å². The van der Waals surface area contributed by atoms with E-state index in [1.165, 1.54) is 16.8 Å². The van der Waals surface area contributed by atoms with E-state index in [9.17, 15) is 0 Å². The zero-order chi connectivity index (χ0) is 11.8. The Morgan fingerprint density at radius 1 is 1.41 bits per heavy atom. The van der Waals surface area contributed by atoms with Gasteiger partial charge in [0.25, 0.3) is 0 Å². The predicted octanol–water partition coefficient (Wildman–Crippen LogP) is 2.65. The molecule has 17 heavy (non-hydrogen) atoms. The summed E-state index contributed by atoms with van der Waals surface area (Å²) in [5, 5.41) is 0. The van der Waals surface area contributed by atoms with Gasteiger partial charge in [0.2, 0.25) is 0 Å². The molecule has 0 bridgehead atoms. The van der Waals surface area contributed by atoms with Gasteiger partial charge in [-0.15, -0.1) is 0 Å². The minimum Gasteiger partial charge on any atom is -0.327 e. The normalized spacial score (nSPS) is 19.1. The maximum atomic E-state index is 6.11. The lowest BCUT2D eigenvalue weighted by molar-refractivity contribution is 0.466. The molecule has 3 rings (SSSR count). The first-order chi connectivity index (χ1) is 8.25. The maximum Gasteiger partial charge on any atom is 0.140 e. The van der Waals surface area contributed by atoms with Crippen LogP contribution in [0.2, 0.25) is 0 Å². The summed E-state index contributed by atoms with van der Waals surface area (Å²) in [5.74, 6) is 1.05. The molecule has 1 aromatic carbocycles. The summed E-state index contributed by atoms with van der Waals surface area (Å²) in [7, 11) is 0. The molecule has 3 nitrogen and oxygen atoms in total. The van der Waals surface area contributed by atoms with Gasteiger partial charge in [0.15, 0.2) is 0 Å². The molecule has 3 heteroatoms. The van der Waals surface area contributed by atoms with E-state index in [0.717, 1.165) is 25.2 Å². The first-order valence-corrected chi connectivity index (χ1v) is 6.14. The zero-order valence-corrected chi connectivity index (χ0v) is 10.1. The summed E-state index contributed by atoms with van der Waals surface area (Å²) in [5.41, 5.74) is 9.73. The molecule has 1 unspecified atom stereocenters. The van der Waals surface area contributed by atoms with Crippen LogP contribution >= 0.6 is 0 Å². The monoisotopic (exact) mass is 227 g/mol. The number of nitrogens with zero attached hydrogens (tertiary/aromatic N) is 2. The van der Waals surface area contributed by atoms with Crippen molar-refractivity contribution in [2.75, 3.05) is 0 Å². The third kappa shape index (κ3) is 1.76. The molecule has 0 radical (unpaired) electrons. The van der Waals surface area contributed by atoms with Gasteiger partial charge in [-0.3, -0.25) is 0 Å². The van der Waals surface area contributed by atoms with Crippen LogP contribution in [0.5, 0.6) is 0 Å². The quantitative estimate of drug-likeness (QED) is 0.814. The Morgan fingerprint density at radius 2 is 2.29 bits per heavy atom. The zero-order valence-electron chi connectivity index (χ0n) is 10.1. The van der Waals surface area contributed by atoms with Crippen molar-refractivity contribution in [1.29, 1.82) is 0 Å². The fraction of sp³-hybridized carbons (Fsp3) is 0.357. The van der Waals surface area contributed by atoms with Gasteiger partial charge in [0, 0.05) is 18.2 Å². The Balaban J connectivity index is 2.10. The number of hydrogen-bond acceptors (Lipinski definition) is 2. The molecule has 1 aromatic heterocycles. The Bertz CT molecular complexity index is 542. The fourth-order valence-electron chi connectivity index (χ4n) is 2.55. The summed E-state index contributed by atoms with van der Waals surface area (Å²) < 4.78 is 2.27. The van der Waals surface area contributed by atoms with Crippen LogP contribution in [0.3, 0.4) is 0 Å². The Morgan fingerprint density at radius 3 is 3.12 bits per heavy atom. The van der Waals surface area contributed by atoms with Gasteiger partial charge in [0.05, 0.1) is 11.9 Å². The SMILES string of the molecule is Cc1cccc(-c2ncc3n2CCCC3N)c1. The molecule has 1 atom stereocenters. The number of imidazole rings is 1. The molecule has 0 saturated carbocycles. The lowest BCUT2D eigenvalue weighted by Gasteiger charge is -2.22. The van der Waals surface area contributed by atoms with E-state index in [4.69, 9.17) is 5.73 Å². The Kier molecular flexibility index (Phi) is 2.48. The molecule has 0 aliphatic carbocycles. The van der Waals surface area contributed by atoms with Crippen molar-refractivity contribution in [3.05, 3.63) is 41.7 Å². The lowest BCUT2D eigenvalue weighted by atomic mass is 10.1. The Hall–Kier alpha value is -1.61. The molecular weight excluding hydrogens is 210 g/mol. The van der Waals surface area contributed by atoms with E-state index >= 15 is 0 Å². The topological polar surface area (TPSA) is 43.8 Å². The predicted molar refractivity (Wildman–Crippen MR) is 68.6 cm³/mol. The van der Waals surface area contributed by atoms with Crippen LogP contribution in [-0.2, 0) is 6.54 Å². The van der Waals surface area contributed by atoms with Crippen LogP contribution in [0.4, 0.5) is 0 Å². The molecule has 1 aliphatic heterocycles. The van der Waals surface area contributed by atoms with Crippen molar-refractivity contribution in [2.24, 2.45) is 5.73 Å². The average molecular weight is 227 g/mol. The number of fused-ring (bicyclic) bond motifs is 1. The Labute approximate surface area is 101 Å². The second kappa shape index (κ2) is 4.00. The van der Waals surface area contributed by atoms with Crippen molar-refractivity contribution >= 4 is 0 Å². The largest absolute Gasteiger partial charge is 0.327 e. The summed E-state index contributed by atoms with van der Waals surface area (Å²) in [6.45, 7) is 3.14. The fourth-order valence-corrected chi connectivity index (χ4v) is 2.55. The van der Waals surface area contributed by atoms with Crippen molar-refractivity contribution in [1.82, 2.24) is 9.55 Å². The molecule has 1 aliphatic rings. The standard InChI is InChI=1S/C14H17N3/c1-10-4-2-5-11(8-10)14-16-9-13-12(15)6-3-7-17(13)14/h2,4-5,8-9,12H,3,6-7,15H2,1H3. The number of rotatable bonds is 1. The van der Waals surface area contributed by atoms with Crippen molar-refractivity contribution in [3.63, 3.8) is 0 Å². The first-order valence-electron chi connectivity index (χ1n) is 6.14. The van der Waals surface area contributed by atoms with Crippen LogP contribution < -0.4 is 5.73 Å². The summed E-state index contributed by atoms with van der Waals surface area (Å²) in [4.78, 5) is 4.54. The maximum absolute atomic E-state index is 6.11. The second-order valence-corrected chi connectivity index (χ2v) is 4.78. The average Bonchev–Trinajstić information content (AvgIpc) is 2.74. The molecule has 2 N–H and O–H groups in total. The van der Waals surface area contributed by atoms with Crippen LogP contribution in [0.15, 0.2) is 30.5 Å². The van der Waals surface area contributed by atoms with E-state index < -0.39 is 0 Å². The minimum absolute atomic E-state index is 0.148. The van der Waals surface area contributed by atoms with Crippen molar-refractivity contribution < 1.29 is 0 Å². The van der Waals surface area contributed by atoms with E-state index in [-0.39, 0.29) is 6.04 Å². The molecular formula is C14H17N3. The summed E-state index contributed by atoms with van der Waals surface area (Å²) in [6, 6.07) is 8.62. The lowest BCUT2D eigenvalue weighted by Crippen LogP contribution is -2.21. The van der Waals surface area contributed by atoms with E-state index in [1.807, 2.05) is 6.20 Å². The third-order valence-corrected chi connectivity index (χ3v) is 3.44. The van der Waals surface area contributed by atoms with Crippen LogP contribution in [0.1, 0.15) is 30.1 Å². The molecule has 2 heterocycles. The minimum atomic E-state index is 0.148. The smallest absolute Gasteiger partial charge is 0.140 e. The molecule has 0 amide bonds. The van der Waals surface area contributed by atoms with Crippen molar-refractivity contribution in [3.8, 4) is 11.4 Å². The summed E-state index contributed by atoms with van der Waals surface area (Å²) >= 11 is 0.